The molecule has 180 valence electrons. The number of pyridine rings is 1. The SMILES string of the molecule is COC(C)(C)CCc1cn(CCCCCCSc2ccnc3cc(C(F)(F)F)ccc23)nn1. The monoisotopic (exact) mass is 480 g/mol. The molecule has 0 atom stereocenters. The molecule has 0 radical (unpaired) electrons. The van der Waals surface area contributed by atoms with Crippen LogP contribution in [-0.2, 0) is 23.9 Å². The lowest BCUT2D eigenvalue weighted by molar-refractivity contribution is -0.137. The van der Waals surface area contributed by atoms with Crippen LogP contribution in [0.15, 0.2) is 41.6 Å². The lowest BCUT2D eigenvalue weighted by Crippen LogP contribution is -2.23. The van der Waals surface area contributed by atoms with Crippen LogP contribution in [0.1, 0.15) is 57.2 Å². The molecule has 2 heterocycles. The largest absolute Gasteiger partial charge is 0.416 e. The third-order valence-electron chi connectivity index (χ3n) is 5.69. The van der Waals surface area contributed by atoms with E-state index in [0.717, 1.165) is 78.9 Å². The number of fused-ring (bicyclic) bond motifs is 1. The second-order valence-electron chi connectivity index (χ2n) is 8.74. The number of rotatable bonds is 12. The minimum atomic E-state index is -4.35. The van der Waals surface area contributed by atoms with Gasteiger partial charge in [0, 0.05) is 36.3 Å². The van der Waals surface area contributed by atoms with Gasteiger partial charge in [-0.25, -0.2) is 0 Å². The third-order valence-corrected chi connectivity index (χ3v) is 6.85. The smallest absolute Gasteiger partial charge is 0.379 e. The van der Waals surface area contributed by atoms with E-state index in [0.29, 0.717) is 5.52 Å². The van der Waals surface area contributed by atoms with E-state index >= 15 is 0 Å². The van der Waals surface area contributed by atoms with Crippen molar-refractivity contribution in [1.29, 1.82) is 0 Å². The highest BCUT2D eigenvalue weighted by molar-refractivity contribution is 7.99. The van der Waals surface area contributed by atoms with Crippen molar-refractivity contribution < 1.29 is 17.9 Å². The van der Waals surface area contributed by atoms with Crippen LogP contribution >= 0.6 is 11.8 Å². The lowest BCUT2D eigenvalue weighted by atomic mass is 10.0. The quantitative estimate of drug-likeness (QED) is 0.217. The number of nitrogens with zero attached hydrogens (tertiary/aromatic N) is 4. The molecular formula is C24H31F3N4OS. The highest BCUT2D eigenvalue weighted by atomic mass is 32.2. The number of halogens is 3. The minimum absolute atomic E-state index is 0.156. The number of unbranched alkanes of at least 4 members (excludes halogenated alkanes) is 3. The number of aromatic nitrogens is 4. The van der Waals surface area contributed by atoms with Crippen molar-refractivity contribution >= 4 is 22.7 Å². The van der Waals surface area contributed by atoms with Gasteiger partial charge in [0.1, 0.15) is 0 Å². The number of hydrogen-bond donors (Lipinski definition) is 0. The normalized spacial score (nSPS) is 12.5. The van der Waals surface area contributed by atoms with Gasteiger partial charge in [0.15, 0.2) is 0 Å². The molecule has 0 amide bonds. The molecule has 5 nitrogen and oxygen atoms in total. The van der Waals surface area contributed by atoms with Crippen LogP contribution in [0.5, 0.6) is 0 Å². The van der Waals surface area contributed by atoms with Crippen molar-refractivity contribution in [3.05, 3.63) is 47.9 Å². The minimum Gasteiger partial charge on any atom is -0.379 e. The zero-order chi connectivity index (χ0) is 23.9. The van der Waals surface area contributed by atoms with Crippen molar-refractivity contribution in [2.75, 3.05) is 12.9 Å². The fourth-order valence-electron chi connectivity index (χ4n) is 3.43. The summed E-state index contributed by atoms with van der Waals surface area (Å²) < 4.78 is 46.1. The molecular weight excluding hydrogens is 449 g/mol. The average Bonchev–Trinajstić information content (AvgIpc) is 3.24. The first-order valence-electron chi connectivity index (χ1n) is 11.2. The van der Waals surface area contributed by atoms with Gasteiger partial charge >= 0.3 is 6.18 Å². The van der Waals surface area contributed by atoms with Crippen molar-refractivity contribution in [3.8, 4) is 0 Å². The average molecular weight is 481 g/mol. The molecule has 0 unspecified atom stereocenters. The van der Waals surface area contributed by atoms with E-state index in [4.69, 9.17) is 4.74 Å². The second kappa shape index (κ2) is 11.3. The summed E-state index contributed by atoms with van der Waals surface area (Å²) in [6.45, 7) is 4.98. The van der Waals surface area contributed by atoms with E-state index in [1.807, 2.05) is 16.9 Å². The molecule has 0 aliphatic carbocycles. The van der Waals surface area contributed by atoms with E-state index < -0.39 is 11.7 Å². The lowest BCUT2D eigenvalue weighted by Gasteiger charge is -2.21. The summed E-state index contributed by atoms with van der Waals surface area (Å²) in [7, 11) is 1.72. The Morgan fingerprint density at radius 3 is 2.61 bits per heavy atom. The molecule has 0 aliphatic heterocycles. The Kier molecular flexibility index (Phi) is 8.75. The summed E-state index contributed by atoms with van der Waals surface area (Å²) in [6.07, 6.45) is 5.26. The molecule has 3 aromatic rings. The van der Waals surface area contributed by atoms with Crippen LogP contribution in [0.3, 0.4) is 0 Å². The summed E-state index contributed by atoms with van der Waals surface area (Å²) in [5.41, 5.74) is 0.551. The molecule has 0 N–H and O–H groups in total. The zero-order valence-electron chi connectivity index (χ0n) is 19.4. The van der Waals surface area contributed by atoms with E-state index in [1.165, 1.54) is 6.07 Å². The Bertz CT molecular complexity index is 1040. The second-order valence-corrected chi connectivity index (χ2v) is 9.87. The molecule has 9 heteroatoms. The third kappa shape index (κ3) is 7.71. The van der Waals surface area contributed by atoms with Gasteiger partial charge in [0.05, 0.1) is 22.4 Å². The van der Waals surface area contributed by atoms with Gasteiger partial charge in [0.25, 0.3) is 0 Å². The fraction of sp³-hybridized carbons (Fsp3) is 0.542. The first kappa shape index (κ1) is 25.5. The highest BCUT2D eigenvalue weighted by Gasteiger charge is 2.30. The number of benzene rings is 1. The Morgan fingerprint density at radius 1 is 1.06 bits per heavy atom. The van der Waals surface area contributed by atoms with Gasteiger partial charge in [-0.2, -0.15) is 13.2 Å². The predicted octanol–water partition coefficient (Wildman–Crippen LogP) is 6.56. The van der Waals surface area contributed by atoms with Crippen LogP contribution in [-0.4, -0.2) is 38.4 Å². The molecule has 0 spiro atoms. The number of thioether (sulfide) groups is 1. The van der Waals surface area contributed by atoms with Crippen LogP contribution in [0, 0.1) is 0 Å². The van der Waals surface area contributed by atoms with Gasteiger partial charge in [-0.05, 0) is 63.5 Å². The van der Waals surface area contributed by atoms with E-state index in [9.17, 15) is 13.2 Å². The molecule has 33 heavy (non-hydrogen) atoms. The van der Waals surface area contributed by atoms with Crippen molar-refractivity contribution in [1.82, 2.24) is 20.0 Å². The van der Waals surface area contributed by atoms with Gasteiger partial charge in [-0.15, -0.1) is 16.9 Å². The van der Waals surface area contributed by atoms with E-state index in [1.54, 1.807) is 25.1 Å². The van der Waals surface area contributed by atoms with Crippen LogP contribution in [0.25, 0.3) is 10.9 Å². The summed E-state index contributed by atoms with van der Waals surface area (Å²) in [6, 6.07) is 5.64. The van der Waals surface area contributed by atoms with Crippen LogP contribution in [0.4, 0.5) is 13.2 Å². The Hall–Kier alpha value is -2.13. The number of hydrogen-bond acceptors (Lipinski definition) is 5. The first-order valence-corrected chi connectivity index (χ1v) is 12.2. The van der Waals surface area contributed by atoms with Crippen LogP contribution < -0.4 is 0 Å². The maximum atomic E-state index is 12.9. The Balaban J connectivity index is 1.36. The Labute approximate surface area is 197 Å². The molecule has 0 bridgehead atoms. The Morgan fingerprint density at radius 2 is 1.85 bits per heavy atom. The fourth-order valence-corrected chi connectivity index (χ4v) is 4.48. The van der Waals surface area contributed by atoms with Gasteiger partial charge in [-0.3, -0.25) is 9.67 Å². The highest BCUT2D eigenvalue weighted by Crippen LogP contribution is 2.34. The van der Waals surface area contributed by atoms with Crippen molar-refractivity contribution in [2.45, 2.75) is 75.6 Å². The maximum Gasteiger partial charge on any atom is 0.416 e. The van der Waals surface area contributed by atoms with E-state index in [-0.39, 0.29) is 5.60 Å². The molecule has 3 rings (SSSR count). The molecule has 2 aromatic heterocycles. The summed E-state index contributed by atoms with van der Waals surface area (Å²) in [5, 5.41) is 9.23. The van der Waals surface area contributed by atoms with Crippen molar-refractivity contribution in [2.24, 2.45) is 0 Å². The predicted molar refractivity (Wildman–Crippen MR) is 125 cm³/mol. The van der Waals surface area contributed by atoms with Crippen LogP contribution in [0.2, 0.25) is 0 Å². The topological polar surface area (TPSA) is 52.8 Å². The van der Waals surface area contributed by atoms with Crippen molar-refractivity contribution in [3.63, 3.8) is 0 Å². The molecule has 0 fully saturated rings. The summed E-state index contributed by atoms with van der Waals surface area (Å²) in [5.74, 6) is 0.920. The summed E-state index contributed by atoms with van der Waals surface area (Å²) >= 11 is 1.67. The summed E-state index contributed by atoms with van der Waals surface area (Å²) in [4.78, 5) is 5.08. The van der Waals surface area contributed by atoms with E-state index in [2.05, 4.69) is 29.1 Å². The molecule has 0 saturated carbocycles. The molecule has 0 saturated heterocycles. The number of aryl methyl sites for hydroxylation is 2. The maximum absolute atomic E-state index is 12.9. The first-order chi connectivity index (χ1) is 15.7. The molecule has 1 aromatic carbocycles. The number of ether oxygens (including phenoxy) is 1. The number of alkyl halides is 3. The van der Waals surface area contributed by atoms with Gasteiger partial charge in [-0.1, -0.05) is 24.1 Å². The molecule has 0 aliphatic rings. The standard InChI is InChI=1S/C24H31F3N4OS/c1-23(2,32-3)12-10-19-17-31(30-29-19)14-6-4-5-7-15-33-22-11-13-28-21-16-18(24(25,26)27)8-9-20(21)22/h8-9,11,13,16-17H,4-7,10,12,14-15H2,1-3H3. The zero-order valence-corrected chi connectivity index (χ0v) is 20.2. The van der Waals surface area contributed by atoms with Gasteiger partial charge in [0.2, 0.25) is 0 Å². The van der Waals surface area contributed by atoms with Gasteiger partial charge < -0.3 is 4.74 Å². The number of methoxy groups -OCH3 is 1.